The largest absolute Gasteiger partial charge is 0.417 e. The molecule has 0 aliphatic rings. The molecule has 0 saturated heterocycles. The molecule has 0 aromatic heterocycles. The summed E-state index contributed by atoms with van der Waals surface area (Å²) in [6, 6.07) is 4.21. The Morgan fingerprint density at radius 3 is 2.24 bits per heavy atom. The second kappa shape index (κ2) is 5.02. The lowest BCUT2D eigenvalue weighted by Crippen LogP contribution is -2.16. The van der Waals surface area contributed by atoms with Crippen molar-refractivity contribution in [3.05, 3.63) is 32.9 Å². The third-order valence-electron chi connectivity index (χ3n) is 1.85. The molecule has 0 nitrogen and oxygen atoms in total. The molecule has 1 aromatic carbocycles. The van der Waals surface area contributed by atoms with Crippen molar-refractivity contribution in [2.75, 3.05) is 0 Å². The Balaban J connectivity index is 3.17. The first-order chi connectivity index (χ1) is 7.59. The number of alkyl halides is 3. The molecule has 0 spiro atoms. The first kappa shape index (κ1) is 14.6. The average Bonchev–Trinajstić information content (AvgIpc) is 2.13. The summed E-state index contributed by atoms with van der Waals surface area (Å²) in [4.78, 5) is 0. The highest BCUT2D eigenvalue weighted by atomic mass is 127. The Labute approximate surface area is 114 Å². The van der Waals surface area contributed by atoms with Gasteiger partial charge in [-0.3, -0.25) is 0 Å². The monoisotopic (exact) mass is 368 g/mol. The summed E-state index contributed by atoms with van der Waals surface area (Å²) in [5.41, 5.74) is 2.88. The molecule has 17 heavy (non-hydrogen) atoms. The smallest absolute Gasteiger partial charge is 0.166 e. The Hall–Kier alpha value is -0.483. The molecule has 0 fully saturated rings. The number of hydrogen-bond donors (Lipinski definition) is 0. The molecule has 1 rings (SSSR count). The van der Waals surface area contributed by atoms with Gasteiger partial charge in [0.2, 0.25) is 0 Å². The lowest BCUT2D eigenvalue weighted by molar-refractivity contribution is -0.138. The molecule has 0 N–H and O–H groups in total. The van der Waals surface area contributed by atoms with E-state index in [2.05, 4.69) is 31.1 Å². The lowest BCUT2D eigenvalue weighted by Gasteiger charge is -2.09. The number of hydrogen-bond acceptors (Lipinski definition) is 0. The van der Waals surface area contributed by atoms with E-state index < -0.39 is 19.8 Å². The van der Waals surface area contributed by atoms with Crippen molar-refractivity contribution in [1.29, 1.82) is 0 Å². The van der Waals surface area contributed by atoms with Crippen molar-refractivity contribution in [3.8, 4) is 11.5 Å². The minimum absolute atomic E-state index is 0.202. The molecular weight excluding hydrogens is 356 g/mol. The zero-order valence-electron chi connectivity index (χ0n) is 9.74. The summed E-state index contributed by atoms with van der Waals surface area (Å²) in [5.74, 6) is 2.83. The van der Waals surface area contributed by atoms with E-state index in [1.807, 2.05) is 0 Å². The van der Waals surface area contributed by atoms with E-state index in [1.165, 1.54) is 6.07 Å². The van der Waals surface area contributed by atoms with Crippen LogP contribution in [-0.4, -0.2) is 8.07 Å². The maximum Gasteiger partial charge on any atom is 0.417 e. The van der Waals surface area contributed by atoms with Gasteiger partial charge in [-0.15, -0.1) is 5.54 Å². The average molecular weight is 368 g/mol. The van der Waals surface area contributed by atoms with Gasteiger partial charge in [0.1, 0.15) is 8.07 Å². The fraction of sp³-hybridized carbons (Fsp3) is 0.333. The van der Waals surface area contributed by atoms with Crippen LogP contribution in [0.2, 0.25) is 19.6 Å². The first-order valence-electron chi connectivity index (χ1n) is 4.99. The van der Waals surface area contributed by atoms with Gasteiger partial charge in [-0.2, -0.15) is 13.2 Å². The van der Waals surface area contributed by atoms with Crippen LogP contribution in [0, 0.1) is 15.0 Å². The summed E-state index contributed by atoms with van der Waals surface area (Å²) >= 11 is 1.69. The third-order valence-corrected chi connectivity index (χ3v) is 3.67. The summed E-state index contributed by atoms with van der Waals surface area (Å²) in [6.07, 6.45) is -4.31. The zero-order valence-corrected chi connectivity index (χ0v) is 12.9. The predicted molar refractivity (Wildman–Crippen MR) is 74.4 cm³/mol. The van der Waals surface area contributed by atoms with E-state index >= 15 is 0 Å². The Morgan fingerprint density at radius 2 is 1.76 bits per heavy atom. The van der Waals surface area contributed by atoms with Crippen LogP contribution in [-0.2, 0) is 6.18 Å². The molecule has 0 unspecified atom stereocenters. The van der Waals surface area contributed by atoms with Crippen LogP contribution in [0.4, 0.5) is 13.2 Å². The van der Waals surface area contributed by atoms with Crippen molar-refractivity contribution in [1.82, 2.24) is 0 Å². The second-order valence-corrected chi connectivity index (χ2v) is 10.6. The fourth-order valence-electron chi connectivity index (χ4n) is 1.08. The highest BCUT2D eigenvalue weighted by Gasteiger charge is 2.32. The van der Waals surface area contributed by atoms with E-state index in [0.717, 1.165) is 6.07 Å². The highest BCUT2D eigenvalue weighted by Crippen LogP contribution is 2.33. The van der Waals surface area contributed by atoms with E-state index in [-0.39, 0.29) is 3.57 Å². The van der Waals surface area contributed by atoms with Gasteiger partial charge in [0.25, 0.3) is 0 Å². The maximum absolute atomic E-state index is 12.7. The normalized spacial score (nSPS) is 11.9. The number of halogens is 4. The molecule has 0 bridgehead atoms. The standard InChI is InChI=1S/C12H12F3ISi/c1-17(2,3)7-6-9-4-5-11(16)10(8-9)12(13,14)15/h4-5,8H,1-3H3. The van der Waals surface area contributed by atoms with Crippen LogP contribution in [0.3, 0.4) is 0 Å². The predicted octanol–water partition coefficient (Wildman–Crippen LogP) is 4.54. The topological polar surface area (TPSA) is 0 Å². The molecule has 0 heterocycles. The van der Waals surface area contributed by atoms with Crippen LogP contribution >= 0.6 is 22.6 Å². The molecule has 0 amide bonds. The number of benzene rings is 1. The first-order valence-corrected chi connectivity index (χ1v) is 9.57. The highest BCUT2D eigenvalue weighted by molar-refractivity contribution is 14.1. The molecule has 0 aliphatic heterocycles. The van der Waals surface area contributed by atoms with Gasteiger partial charge in [-0.1, -0.05) is 25.6 Å². The minimum Gasteiger partial charge on any atom is -0.166 e. The van der Waals surface area contributed by atoms with E-state index in [1.54, 1.807) is 28.7 Å². The van der Waals surface area contributed by atoms with Gasteiger partial charge in [0.15, 0.2) is 0 Å². The molecule has 92 valence electrons. The molecule has 5 heteroatoms. The maximum atomic E-state index is 12.7. The molecule has 1 aromatic rings. The SMILES string of the molecule is C[Si](C)(C)C#Cc1ccc(I)c(C(F)(F)F)c1. The van der Waals surface area contributed by atoms with Gasteiger partial charge in [0.05, 0.1) is 5.56 Å². The Kier molecular flexibility index (Phi) is 4.31. The van der Waals surface area contributed by atoms with Gasteiger partial charge in [0, 0.05) is 9.13 Å². The zero-order chi connectivity index (χ0) is 13.3. The van der Waals surface area contributed by atoms with E-state index in [9.17, 15) is 13.2 Å². The van der Waals surface area contributed by atoms with Gasteiger partial charge in [-0.25, -0.2) is 0 Å². The van der Waals surface area contributed by atoms with E-state index in [0.29, 0.717) is 5.56 Å². The van der Waals surface area contributed by atoms with Crippen molar-refractivity contribution in [3.63, 3.8) is 0 Å². The van der Waals surface area contributed by atoms with Crippen LogP contribution in [0.15, 0.2) is 18.2 Å². The van der Waals surface area contributed by atoms with Crippen LogP contribution in [0.1, 0.15) is 11.1 Å². The molecule has 0 aliphatic carbocycles. The fourth-order valence-corrected chi connectivity index (χ4v) is 2.24. The Bertz CT molecular complexity index is 475. The molecule has 0 saturated carbocycles. The third kappa shape index (κ3) is 4.72. The van der Waals surface area contributed by atoms with Gasteiger partial charge < -0.3 is 0 Å². The van der Waals surface area contributed by atoms with Crippen molar-refractivity contribution in [2.45, 2.75) is 25.8 Å². The molecular formula is C12H12F3ISi. The summed E-state index contributed by atoms with van der Waals surface area (Å²) in [5, 5.41) is 0. The van der Waals surface area contributed by atoms with Crippen LogP contribution in [0.5, 0.6) is 0 Å². The van der Waals surface area contributed by atoms with Crippen LogP contribution < -0.4 is 0 Å². The van der Waals surface area contributed by atoms with Crippen LogP contribution in [0.25, 0.3) is 0 Å². The van der Waals surface area contributed by atoms with Crippen molar-refractivity contribution in [2.24, 2.45) is 0 Å². The van der Waals surface area contributed by atoms with Crippen molar-refractivity contribution >= 4 is 30.7 Å². The quantitative estimate of drug-likeness (QED) is 0.358. The molecule has 0 radical (unpaired) electrons. The summed E-state index contributed by atoms with van der Waals surface area (Å²) in [7, 11) is -1.56. The molecule has 0 atom stereocenters. The van der Waals surface area contributed by atoms with E-state index in [4.69, 9.17) is 0 Å². The van der Waals surface area contributed by atoms with Crippen molar-refractivity contribution < 1.29 is 13.2 Å². The van der Waals surface area contributed by atoms with Gasteiger partial charge >= 0.3 is 6.18 Å². The Morgan fingerprint density at radius 1 is 1.18 bits per heavy atom. The summed E-state index contributed by atoms with van der Waals surface area (Å²) in [6.45, 7) is 6.16. The lowest BCUT2D eigenvalue weighted by atomic mass is 10.1. The van der Waals surface area contributed by atoms with Gasteiger partial charge in [-0.05, 0) is 40.8 Å². The minimum atomic E-state index is -4.31. The number of rotatable bonds is 0. The summed E-state index contributed by atoms with van der Waals surface area (Å²) < 4.78 is 38.2. The second-order valence-electron chi connectivity index (χ2n) is 4.69.